The third-order valence-electron chi connectivity index (χ3n) is 7.34. The zero-order chi connectivity index (χ0) is 29.9. The molecule has 9 atom stereocenters. The summed E-state index contributed by atoms with van der Waals surface area (Å²) < 4.78 is 15.6. The van der Waals surface area contributed by atoms with Crippen molar-refractivity contribution in [2.75, 3.05) is 19.8 Å². The van der Waals surface area contributed by atoms with Gasteiger partial charge in [0.2, 0.25) is 0 Å². The molecule has 0 amide bonds. The molecule has 238 valence electrons. The highest BCUT2D eigenvalue weighted by atomic mass is 16.7. The summed E-state index contributed by atoms with van der Waals surface area (Å²) in [5.41, 5.74) is 0. The molecule has 0 aromatic heterocycles. The summed E-state index contributed by atoms with van der Waals surface area (Å²) in [5, 5.41) is 79.5. The molecule has 0 saturated carbocycles. The number of aliphatic hydroxyl groups is 8. The minimum Gasteiger partial charge on any atom is -0.463 e. The van der Waals surface area contributed by atoms with Gasteiger partial charge in [0.05, 0.1) is 13.2 Å². The number of ether oxygens (including phenoxy) is 3. The van der Waals surface area contributed by atoms with Crippen molar-refractivity contribution in [2.45, 2.75) is 152 Å². The lowest BCUT2D eigenvalue weighted by Crippen LogP contribution is -2.61. The molecule has 0 aliphatic carbocycles. The summed E-state index contributed by atoms with van der Waals surface area (Å²) in [5.74, 6) is -0.552. The molecule has 12 nitrogen and oxygen atoms in total. The lowest BCUT2D eigenvalue weighted by molar-refractivity contribution is -0.327. The zero-order valence-corrected chi connectivity index (χ0v) is 23.9. The molecule has 1 saturated heterocycles. The Morgan fingerprint density at radius 2 is 1.27 bits per heavy atom. The van der Waals surface area contributed by atoms with E-state index in [2.05, 4.69) is 6.92 Å². The quantitative estimate of drug-likeness (QED) is 0.0604. The smallest absolute Gasteiger partial charge is 0.305 e. The number of aliphatic hydroxyl groups excluding tert-OH is 8. The second-order valence-electron chi connectivity index (χ2n) is 10.8. The second-order valence-corrected chi connectivity index (χ2v) is 10.8. The highest BCUT2D eigenvalue weighted by Crippen LogP contribution is 2.25. The average molecular weight is 583 g/mol. The van der Waals surface area contributed by atoms with Crippen molar-refractivity contribution in [3.8, 4) is 0 Å². The van der Waals surface area contributed by atoms with Gasteiger partial charge in [-0.15, -0.1) is 0 Å². The van der Waals surface area contributed by atoms with E-state index in [4.69, 9.17) is 14.2 Å². The number of hydrogen-bond donors (Lipinski definition) is 8. The minimum absolute atomic E-state index is 0.157. The van der Waals surface area contributed by atoms with E-state index in [9.17, 15) is 45.6 Å². The van der Waals surface area contributed by atoms with Crippen LogP contribution in [0.15, 0.2) is 0 Å². The van der Waals surface area contributed by atoms with Gasteiger partial charge in [-0.05, 0) is 6.42 Å². The third kappa shape index (κ3) is 13.8. The first kappa shape index (κ1) is 37.1. The fourth-order valence-electron chi connectivity index (χ4n) is 4.69. The summed E-state index contributed by atoms with van der Waals surface area (Å²) in [6.45, 7) is -0.00630. The predicted molar refractivity (Wildman–Crippen MR) is 145 cm³/mol. The summed E-state index contributed by atoms with van der Waals surface area (Å²) >= 11 is 0. The molecule has 1 fully saturated rings. The van der Waals surface area contributed by atoms with E-state index in [-0.39, 0.29) is 6.42 Å². The van der Waals surface area contributed by atoms with Crippen LogP contribution in [0.1, 0.15) is 96.8 Å². The monoisotopic (exact) mass is 582 g/mol. The van der Waals surface area contributed by atoms with Crippen LogP contribution in [0, 0.1) is 0 Å². The van der Waals surface area contributed by atoms with Gasteiger partial charge >= 0.3 is 5.97 Å². The van der Waals surface area contributed by atoms with Gasteiger partial charge in [0.25, 0.3) is 0 Å². The molecule has 12 heteroatoms. The van der Waals surface area contributed by atoms with Gasteiger partial charge in [0.1, 0.15) is 55.4 Å². The standard InChI is InChI=1S/C28H54O12/c1-2-3-4-5-6-7-8-9-10-11-12-13-14-15-22(33)38-18-20(32)23(34)27(19(31)16-29)40-28-26(37)25(36)24(35)21(17-30)39-28/h19-21,23-32,34-37H,2-18H2,1H3/t19-,20+,21-,23-,24-,25+,26-,27-,28?/m1/s1. The van der Waals surface area contributed by atoms with Crippen molar-refractivity contribution in [1.82, 2.24) is 0 Å². The molecule has 0 aromatic rings. The van der Waals surface area contributed by atoms with Crippen LogP contribution in [-0.4, -0.2) is 122 Å². The Morgan fingerprint density at radius 3 is 1.77 bits per heavy atom. The zero-order valence-electron chi connectivity index (χ0n) is 23.9. The van der Waals surface area contributed by atoms with E-state index in [1.165, 1.54) is 57.8 Å². The second kappa shape index (κ2) is 21.7. The lowest BCUT2D eigenvalue weighted by Gasteiger charge is -2.42. The van der Waals surface area contributed by atoms with Gasteiger partial charge in [-0.2, -0.15) is 0 Å². The van der Waals surface area contributed by atoms with E-state index in [0.29, 0.717) is 6.42 Å². The van der Waals surface area contributed by atoms with Gasteiger partial charge in [0, 0.05) is 6.42 Å². The van der Waals surface area contributed by atoms with Crippen molar-refractivity contribution in [2.24, 2.45) is 0 Å². The van der Waals surface area contributed by atoms with Gasteiger partial charge < -0.3 is 55.1 Å². The summed E-state index contributed by atoms with van der Waals surface area (Å²) in [6, 6.07) is 0. The topological polar surface area (TPSA) is 207 Å². The Morgan fingerprint density at radius 1 is 0.750 bits per heavy atom. The number of unbranched alkanes of at least 4 members (excludes halogenated alkanes) is 12. The maximum atomic E-state index is 12.1. The van der Waals surface area contributed by atoms with Crippen LogP contribution in [0.2, 0.25) is 0 Å². The Bertz CT molecular complexity index is 636. The van der Waals surface area contributed by atoms with Gasteiger partial charge in [-0.3, -0.25) is 4.79 Å². The SMILES string of the molecule is CCCCCCCCCCCCCCCC(=O)OC[C@H](O)[C@@H](O)[C@H](OC1O[C@H](CO)[C@@H](O)[C@H](O)[C@H]1O)[C@H](O)CO. The van der Waals surface area contributed by atoms with Crippen LogP contribution in [-0.2, 0) is 19.0 Å². The van der Waals surface area contributed by atoms with E-state index in [0.717, 1.165) is 19.3 Å². The molecule has 8 N–H and O–H groups in total. The molecule has 0 radical (unpaired) electrons. The number of esters is 1. The lowest BCUT2D eigenvalue weighted by atomic mass is 9.98. The Hall–Kier alpha value is -0.930. The van der Waals surface area contributed by atoms with Crippen LogP contribution in [0.5, 0.6) is 0 Å². The first-order chi connectivity index (χ1) is 19.2. The Balaban J connectivity index is 2.31. The molecule has 0 spiro atoms. The molecule has 40 heavy (non-hydrogen) atoms. The highest BCUT2D eigenvalue weighted by Gasteiger charge is 2.46. The average Bonchev–Trinajstić information content (AvgIpc) is 2.95. The van der Waals surface area contributed by atoms with Gasteiger partial charge in [-0.1, -0.05) is 84.0 Å². The molecular weight excluding hydrogens is 528 g/mol. The minimum atomic E-state index is -1.89. The number of carbonyl (C=O) groups excluding carboxylic acids is 1. The fourth-order valence-corrected chi connectivity index (χ4v) is 4.69. The van der Waals surface area contributed by atoms with E-state index >= 15 is 0 Å². The van der Waals surface area contributed by atoms with Crippen molar-refractivity contribution in [3.63, 3.8) is 0 Å². The van der Waals surface area contributed by atoms with Crippen molar-refractivity contribution in [1.29, 1.82) is 0 Å². The fraction of sp³-hybridized carbons (Fsp3) is 0.964. The van der Waals surface area contributed by atoms with Crippen LogP contribution in [0.3, 0.4) is 0 Å². The third-order valence-corrected chi connectivity index (χ3v) is 7.34. The maximum Gasteiger partial charge on any atom is 0.305 e. The van der Waals surface area contributed by atoms with Crippen LogP contribution < -0.4 is 0 Å². The van der Waals surface area contributed by atoms with Crippen LogP contribution >= 0.6 is 0 Å². The summed E-state index contributed by atoms with van der Waals surface area (Å²) in [7, 11) is 0. The Kier molecular flexibility index (Phi) is 20.1. The summed E-state index contributed by atoms with van der Waals surface area (Å²) in [6.07, 6.45) is 0.0747. The molecule has 0 aromatic carbocycles. The first-order valence-corrected chi connectivity index (χ1v) is 14.9. The molecule has 1 heterocycles. The number of hydrogen-bond acceptors (Lipinski definition) is 12. The highest BCUT2D eigenvalue weighted by molar-refractivity contribution is 5.69. The molecule has 1 aliphatic rings. The first-order valence-electron chi connectivity index (χ1n) is 14.9. The number of carbonyl (C=O) groups is 1. The van der Waals surface area contributed by atoms with E-state index in [1.54, 1.807) is 0 Å². The predicted octanol–water partition coefficient (Wildman–Crippen LogP) is 0.271. The Labute approximate surface area is 237 Å². The molecule has 1 unspecified atom stereocenters. The molecular formula is C28H54O12. The van der Waals surface area contributed by atoms with Crippen molar-refractivity contribution in [3.05, 3.63) is 0 Å². The van der Waals surface area contributed by atoms with Crippen molar-refractivity contribution >= 4 is 5.97 Å². The van der Waals surface area contributed by atoms with E-state index < -0.39 is 80.9 Å². The van der Waals surface area contributed by atoms with Gasteiger partial charge in [0.15, 0.2) is 6.29 Å². The molecule has 0 bridgehead atoms. The van der Waals surface area contributed by atoms with Crippen LogP contribution in [0.4, 0.5) is 0 Å². The summed E-state index contributed by atoms with van der Waals surface area (Å²) in [4.78, 5) is 12.1. The molecule has 1 rings (SSSR count). The van der Waals surface area contributed by atoms with Crippen LogP contribution in [0.25, 0.3) is 0 Å². The largest absolute Gasteiger partial charge is 0.463 e. The normalized spacial score (nSPS) is 26.3. The molecule has 1 aliphatic heterocycles. The number of rotatable bonds is 23. The van der Waals surface area contributed by atoms with Gasteiger partial charge in [-0.25, -0.2) is 0 Å². The van der Waals surface area contributed by atoms with Crippen molar-refractivity contribution < 1.29 is 59.9 Å². The maximum absolute atomic E-state index is 12.1. The van der Waals surface area contributed by atoms with E-state index in [1.807, 2.05) is 0 Å².